The number of hydrogen-bond acceptors (Lipinski definition) is 4. The van der Waals surface area contributed by atoms with Crippen LogP contribution in [0.3, 0.4) is 0 Å². The fraction of sp³-hybridized carbons (Fsp3) is 0.737. The summed E-state index contributed by atoms with van der Waals surface area (Å²) < 4.78 is 27.3. The van der Waals surface area contributed by atoms with Crippen LogP contribution in [0.5, 0.6) is 0 Å². The predicted molar refractivity (Wildman–Crippen MR) is 107 cm³/mol. The molecule has 0 radical (unpaired) electrons. The molecule has 1 aliphatic heterocycles. The molecule has 0 spiro atoms. The number of nitrogens with zero attached hydrogens (tertiary/aromatic N) is 1. The molecule has 1 amide bonds. The summed E-state index contributed by atoms with van der Waals surface area (Å²) >= 11 is 1.22. The van der Waals surface area contributed by atoms with Gasteiger partial charge in [0.15, 0.2) is 0 Å². The highest BCUT2D eigenvalue weighted by Gasteiger charge is 2.27. The number of carbonyl (C=O) groups excluding carboxylic acids is 1. The normalized spacial score (nSPS) is 17.4. The molecule has 26 heavy (non-hydrogen) atoms. The number of hydrogen-bond donors (Lipinski definition) is 1. The maximum Gasteiger partial charge on any atom is 0.252 e. The fourth-order valence-corrected chi connectivity index (χ4v) is 6.24. The molecule has 0 bridgehead atoms. The molecule has 2 rings (SSSR count). The first kappa shape index (κ1) is 21.4. The molecule has 0 aromatic carbocycles. The van der Waals surface area contributed by atoms with Gasteiger partial charge in [0.1, 0.15) is 4.21 Å². The number of sulfonamides is 1. The third-order valence-corrected chi connectivity index (χ3v) is 8.16. The lowest BCUT2D eigenvalue weighted by Gasteiger charge is -2.25. The van der Waals surface area contributed by atoms with E-state index in [2.05, 4.69) is 19.2 Å². The molecule has 5 nitrogen and oxygen atoms in total. The van der Waals surface area contributed by atoms with Gasteiger partial charge in [0.2, 0.25) is 5.91 Å². The van der Waals surface area contributed by atoms with Crippen LogP contribution in [-0.2, 0) is 21.2 Å². The number of nitrogens with one attached hydrogen (secondary N) is 1. The molecule has 2 heterocycles. The molecular weight excluding hydrogens is 368 g/mol. The molecule has 0 aliphatic carbocycles. The first-order valence-corrected chi connectivity index (χ1v) is 11.9. The summed E-state index contributed by atoms with van der Waals surface area (Å²) in [5.41, 5.74) is 0. The van der Waals surface area contributed by atoms with E-state index in [1.807, 2.05) is 6.92 Å². The zero-order chi connectivity index (χ0) is 19.2. The van der Waals surface area contributed by atoms with E-state index in [0.717, 1.165) is 37.0 Å². The van der Waals surface area contributed by atoms with Crippen LogP contribution in [0.15, 0.2) is 16.3 Å². The smallest absolute Gasteiger partial charge is 0.252 e. The van der Waals surface area contributed by atoms with Crippen LogP contribution >= 0.6 is 11.3 Å². The second-order valence-electron chi connectivity index (χ2n) is 7.66. The highest BCUT2D eigenvalue weighted by molar-refractivity contribution is 7.91. The average Bonchev–Trinajstić information content (AvgIpc) is 3.04. The van der Waals surface area contributed by atoms with E-state index in [9.17, 15) is 13.2 Å². The van der Waals surface area contributed by atoms with Crippen molar-refractivity contribution in [1.82, 2.24) is 9.62 Å². The molecule has 148 valence electrons. The number of amides is 1. The molecule has 7 heteroatoms. The quantitative estimate of drug-likeness (QED) is 0.686. The summed E-state index contributed by atoms with van der Waals surface area (Å²) in [4.78, 5) is 13.0. The Morgan fingerprint density at radius 2 is 1.85 bits per heavy atom. The molecule has 1 atom stereocenters. The van der Waals surface area contributed by atoms with Gasteiger partial charge in [0.05, 0.1) is 6.42 Å². The Balaban J connectivity index is 1.86. The lowest BCUT2D eigenvalue weighted by Crippen LogP contribution is -2.35. The Hall–Kier alpha value is -0.920. The van der Waals surface area contributed by atoms with Crippen molar-refractivity contribution in [3.63, 3.8) is 0 Å². The van der Waals surface area contributed by atoms with Gasteiger partial charge < -0.3 is 5.32 Å². The highest BCUT2D eigenvalue weighted by atomic mass is 32.2. The van der Waals surface area contributed by atoms with Crippen molar-refractivity contribution in [3.05, 3.63) is 17.0 Å². The summed E-state index contributed by atoms with van der Waals surface area (Å²) in [6.45, 7) is 7.64. The summed E-state index contributed by atoms with van der Waals surface area (Å²) in [6.07, 6.45) is 6.44. The van der Waals surface area contributed by atoms with Crippen LogP contribution in [0.4, 0.5) is 0 Å². The van der Waals surface area contributed by atoms with Crippen LogP contribution in [0.25, 0.3) is 0 Å². The second-order valence-corrected chi connectivity index (χ2v) is 11.0. The lowest BCUT2D eigenvalue weighted by molar-refractivity contribution is -0.121. The van der Waals surface area contributed by atoms with E-state index in [-0.39, 0.29) is 18.4 Å². The standard InChI is InChI=1S/C19H32N2O3S2/c1-15(2)8-7-9-16(3)20-18(22)14-17-10-11-19(25-17)26(23,24)21-12-5-4-6-13-21/h10-11,15-16H,4-9,12-14H2,1-3H3,(H,20,22). The molecule has 1 N–H and O–H groups in total. The van der Waals surface area contributed by atoms with E-state index in [1.54, 1.807) is 16.4 Å². The van der Waals surface area contributed by atoms with Crippen LogP contribution in [-0.4, -0.2) is 37.8 Å². The molecule has 1 unspecified atom stereocenters. The SMILES string of the molecule is CC(C)CCCC(C)NC(=O)Cc1ccc(S(=O)(=O)N2CCCCC2)s1. The fourth-order valence-electron chi connectivity index (χ4n) is 3.21. The van der Waals surface area contributed by atoms with Gasteiger partial charge >= 0.3 is 0 Å². The minimum Gasteiger partial charge on any atom is -0.353 e. The molecular formula is C19H32N2O3S2. The second kappa shape index (κ2) is 9.85. The number of rotatable bonds is 9. The van der Waals surface area contributed by atoms with E-state index in [1.165, 1.54) is 17.8 Å². The predicted octanol–water partition coefficient (Wildman–Crippen LogP) is 3.80. The van der Waals surface area contributed by atoms with Gasteiger partial charge in [-0.15, -0.1) is 11.3 Å². The van der Waals surface area contributed by atoms with Crippen LogP contribution in [0.1, 0.15) is 64.2 Å². The van der Waals surface area contributed by atoms with Crippen LogP contribution < -0.4 is 5.32 Å². The monoisotopic (exact) mass is 400 g/mol. The van der Waals surface area contributed by atoms with Gasteiger partial charge in [-0.1, -0.05) is 33.1 Å². The number of thiophene rings is 1. The van der Waals surface area contributed by atoms with E-state index >= 15 is 0 Å². The molecule has 0 saturated carbocycles. The minimum absolute atomic E-state index is 0.0363. The van der Waals surface area contributed by atoms with Crippen LogP contribution in [0.2, 0.25) is 0 Å². The van der Waals surface area contributed by atoms with Crippen LogP contribution in [0, 0.1) is 5.92 Å². The molecule has 1 aromatic rings. The molecule has 1 aromatic heterocycles. The number of carbonyl (C=O) groups is 1. The van der Waals surface area contributed by atoms with E-state index < -0.39 is 10.0 Å². The average molecular weight is 401 g/mol. The van der Waals surface area contributed by atoms with Crippen molar-refractivity contribution in [3.8, 4) is 0 Å². The highest BCUT2D eigenvalue weighted by Crippen LogP contribution is 2.27. The Morgan fingerprint density at radius 3 is 2.50 bits per heavy atom. The van der Waals surface area contributed by atoms with Gasteiger partial charge in [-0.25, -0.2) is 8.42 Å². The Morgan fingerprint density at radius 1 is 1.15 bits per heavy atom. The largest absolute Gasteiger partial charge is 0.353 e. The van der Waals surface area contributed by atoms with Gasteiger partial charge in [-0.05, 0) is 44.2 Å². The first-order chi connectivity index (χ1) is 12.3. The molecule has 1 fully saturated rings. The van der Waals surface area contributed by atoms with Gasteiger partial charge in [-0.2, -0.15) is 4.31 Å². The maximum atomic E-state index is 12.7. The van der Waals surface area contributed by atoms with Gasteiger partial charge in [0.25, 0.3) is 10.0 Å². The Bertz CT molecular complexity index is 677. The summed E-state index contributed by atoms with van der Waals surface area (Å²) in [5, 5.41) is 3.02. The number of piperidine rings is 1. The topological polar surface area (TPSA) is 66.5 Å². The van der Waals surface area contributed by atoms with Crippen molar-refractivity contribution >= 4 is 27.3 Å². The Kier molecular flexibility index (Phi) is 8.10. The minimum atomic E-state index is -3.40. The van der Waals surface area contributed by atoms with E-state index in [0.29, 0.717) is 23.2 Å². The molecule has 1 saturated heterocycles. The lowest BCUT2D eigenvalue weighted by atomic mass is 10.0. The van der Waals surface area contributed by atoms with Gasteiger partial charge in [-0.3, -0.25) is 4.79 Å². The van der Waals surface area contributed by atoms with Crippen molar-refractivity contribution < 1.29 is 13.2 Å². The summed E-state index contributed by atoms with van der Waals surface area (Å²) in [7, 11) is -3.40. The maximum absolute atomic E-state index is 12.7. The van der Waals surface area contributed by atoms with Crippen molar-refractivity contribution in [2.75, 3.05) is 13.1 Å². The summed E-state index contributed by atoms with van der Waals surface area (Å²) in [6, 6.07) is 3.56. The van der Waals surface area contributed by atoms with Crippen molar-refractivity contribution in [2.45, 2.75) is 76.0 Å². The molecule has 1 aliphatic rings. The van der Waals surface area contributed by atoms with E-state index in [4.69, 9.17) is 0 Å². The zero-order valence-electron chi connectivity index (χ0n) is 16.2. The van der Waals surface area contributed by atoms with Crippen molar-refractivity contribution in [1.29, 1.82) is 0 Å². The third-order valence-electron chi connectivity index (χ3n) is 4.71. The zero-order valence-corrected chi connectivity index (χ0v) is 17.8. The summed E-state index contributed by atoms with van der Waals surface area (Å²) in [5.74, 6) is 0.648. The first-order valence-electron chi connectivity index (χ1n) is 9.67. The Labute approximate surface area is 162 Å². The van der Waals surface area contributed by atoms with Gasteiger partial charge in [0, 0.05) is 24.0 Å². The third kappa shape index (κ3) is 6.35. The van der Waals surface area contributed by atoms with Crippen molar-refractivity contribution in [2.24, 2.45) is 5.92 Å².